The number of nitrogens with one attached hydrogen (secondary N) is 1. The van der Waals surface area contributed by atoms with Gasteiger partial charge in [-0.1, -0.05) is 15.9 Å². The Labute approximate surface area is 138 Å². The lowest BCUT2D eigenvalue weighted by molar-refractivity contribution is -0.384. The molecule has 0 aliphatic rings. The molecule has 0 aliphatic carbocycles. The molecule has 7 heteroatoms. The highest BCUT2D eigenvalue weighted by Crippen LogP contribution is 2.35. The maximum atomic E-state index is 11.0. The molecule has 1 N–H and O–H groups in total. The van der Waals surface area contributed by atoms with Crippen LogP contribution in [-0.2, 0) is 0 Å². The van der Waals surface area contributed by atoms with Gasteiger partial charge >= 0.3 is 0 Å². The highest BCUT2D eigenvalue weighted by atomic mass is 79.9. The first-order chi connectivity index (χ1) is 10.0. The summed E-state index contributed by atoms with van der Waals surface area (Å²) in [4.78, 5) is 10.6. The summed E-state index contributed by atoms with van der Waals surface area (Å²) in [6, 6.07) is 10.2. The number of hydrogen-bond donors (Lipinski definition) is 1. The topological polar surface area (TPSA) is 64.4 Å². The lowest BCUT2D eigenvalue weighted by Gasteiger charge is -2.10. The van der Waals surface area contributed by atoms with Crippen molar-refractivity contribution in [3.05, 3.63) is 55.5 Å². The van der Waals surface area contributed by atoms with E-state index in [2.05, 4.69) is 37.2 Å². The predicted molar refractivity (Wildman–Crippen MR) is 89.2 cm³/mol. The van der Waals surface area contributed by atoms with Gasteiger partial charge in [0.15, 0.2) is 0 Å². The van der Waals surface area contributed by atoms with Crippen LogP contribution in [0.25, 0.3) is 0 Å². The molecule has 21 heavy (non-hydrogen) atoms. The Balaban J connectivity index is 2.32. The Morgan fingerprint density at radius 3 is 2.62 bits per heavy atom. The number of benzene rings is 2. The molecule has 0 spiro atoms. The van der Waals surface area contributed by atoms with Gasteiger partial charge in [-0.15, -0.1) is 0 Å². The molecule has 0 atom stereocenters. The second kappa shape index (κ2) is 6.91. The van der Waals surface area contributed by atoms with Gasteiger partial charge in [-0.3, -0.25) is 10.1 Å². The van der Waals surface area contributed by atoms with Crippen LogP contribution in [0.2, 0.25) is 0 Å². The Kier molecular flexibility index (Phi) is 5.19. The highest BCUT2D eigenvalue weighted by Gasteiger charge is 2.14. The van der Waals surface area contributed by atoms with E-state index in [-0.39, 0.29) is 5.69 Å². The number of anilines is 1. The lowest BCUT2D eigenvalue weighted by Crippen LogP contribution is -2.01. The first-order valence-corrected chi connectivity index (χ1v) is 7.75. The van der Waals surface area contributed by atoms with Crippen LogP contribution < -0.4 is 10.1 Å². The first kappa shape index (κ1) is 15.8. The number of nitro benzene ring substituents is 1. The summed E-state index contributed by atoms with van der Waals surface area (Å²) in [5, 5.41) is 13.9. The number of hydrogen-bond acceptors (Lipinski definition) is 4. The molecule has 0 saturated carbocycles. The van der Waals surface area contributed by atoms with Crippen LogP contribution in [0.5, 0.6) is 11.5 Å². The minimum atomic E-state index is -0.419. The molecule has 0 aromatic heterocycles. The highest BCUT2D eigenvalue weighted by molar-refractivity contribution is 9.11. The van der Waals surface area contributed by atoms with Gasteiger partial charge in [-0.2, -0.15) is 0 Å². The van der Waals surface area contributed by atoms with Crippen LogP contribution in [0.3, 0.4) is 0 Å². The average molecular weight is 416 g/mol. The molecule has 2 rings (SSSR count). The number of rotatable bonds is 5. The van der Waals surface area contributed by atoms with E-state index in [0.29, 0.717) is 23.7 Å². The van der Waals surface area contributed by atoms with Crippen LogP contribution in [-0.4, -0.2) is 11.5 Å². The predicted octanol–water partition coefficient (Wildman–Crippen LogP) is 5.34. The van der Waals surface area contributed by atoms with Gasteiger partial charge in [-0.05, 0) is 47.1 Å². The molecule has 0 radical (unpaired) electrons. The van der Waals surface area contributed by atoms with Crippen LogP contribution >= 0.6 is 31.9 Å². The lowest BCUT2D eigenvalue weighted by atomic mass is 10.2. The van der Waals surface area contributed by atoms with E-state index in [1.54, 1.807) is 12.1 Å². The molecule has 110 valence electrons. The minimum absolute atomic E-state index is 0.0269. The fourth-order valence-electron chi connectivity index (χ4n) is 1.75. The molecule has 0 unspecified atom stereocenters. The van der Waals surface area contributed by atoms with E-state index < -0.39 is 4.92 Å². The number of halogens is 2. The van der Waals surface area contributed by atoms with Crippen LogP contribution in [0.15, 0.2) is 45.3 Å². The summed E-state index contributed by atoms with van der Waals surface area (Å²) in [6.07, 6.45) is 0. The molecule has 0 heterocycles. The van der Waals surface area contributed by atoms with Crippen molar-refractivity contribution in [3.63, 3.8) is 0 Å². The second-order valence-corrected chi connectivity index (χ2v) is 5.91. The summed E-state index contributed by atoms with van der Waals surface area (Å²) < 4.78 is 7.48. The van der Waals surface area contributed by atoms with Gasteiger partial charge in [0.05, 0.1) is 9.40 Å². The smallest absolute Gasteiger partial charge is 0.292 e. The van der Waals surface area contributed by atoms with E-state index in [0.717, 1.165) is 8.95 Å². The fraction of sp³-hybridized carbons (Fsp3) is 0.143. The van der Waals surface area contributed by atoms with Crippen LogP contribution in [0.1, 0.15) is 6.92 Å². The Morgan fingerprint density at radius 2 is 2.00 bits per heavy atom. The molecule has 2 aromatic carbocycles. The van der Waals surface area contributed by atoms with Crippen molar-refractivity contribution in [2.45, 2.75) is 6.92 Å². The average Bonchev–Trinajstić information content (AvgIpc) is 2.42. The largest absolute Gasteiger partial charge is 0.456 e. The monoisotopic (exact) mass is 414 g/mol. The van der Waals surface area contributed by atoms with Crippen molar-refractivity contribution in [1.29, 1.82) is 0 Å². The van der Waals surface area contributed by atoms with Crippen molar-refractivity contribution in [2.75, 3.05) is 11.9 Å². The maximum Gasteiger partial charge on any atom is 0.292 e. The summed E-state index contributed by atoms with van der Waals surface area (Å²) in [5.74, 6) is 1.16. The minimum Gasteiger partial charge on any atom is -0.456 e. The normalized spacial score (nSPS) is 10.2. The molecule has 0 aliphatic heterocycles. The van der Waals surface area contributed by atoms with Crippen LogP contribution in [0.4, 0.5) is 11.4 Å². The third kappa shape index (κ3) is 3.95. The zero-order valence-electron chi connectivity index (χ0n) is 11.1. The standard InChI is InChI=1S/C14H12Br2N2O3/c1-2-17-12-8-10(4-5-13(12)18(19)20)21-14-6-3-9(15)7-11(14)16/h3-8,17H,2H2,1H3. The van der Waals surface area contributed by atoms with Crippen molar-refractivity contribution in [3.8, 4) is 11.5 Å². The molecular weight excluding hydrogens is 404 g/mol. The van der Waals surface area contributed by atoms with Crippen molar-refractivity contribution < 1.29 is 9.66 Å². The van der Waals surface area contributed by atoms with Gasteiger partial charge in [0, 0.05) is 23.2 Å². The van der Waals surface area contributed by atoms with E-state index in [9.17, 15) is 10.1 Å². The van der Waals surface area contributed by atoms with E-state index in [4.69, 9.17) is 4.74 Å². The van der Waals surface area contributed by atoms with Gasteiger partial charge in [0.2, 0.25) is 0 Å². The molecule has 0 bridgehead atoms. The Morgan fingerprint density at radius 1 is 1.24 bits per heavy atom. The molecule has 0 amide bonds. The van der Waals surface area contributed by atoms with E-state index in [1.165, 1.54) is 6.07 Å². The second-order valence-electron chi connectivity index (χ2n) is 4.14. The summed E-state index contributed by atoms with van der Waals surface area (Å²) in [6.45, 7) is 2.47. The maximum absolute atomic E-state index is 11.0. The fourth-order valence-corrected chi connectivity index (χ4v) is 2.88. The van der Waals surface area contributed by atoms with Crippen molar-refractivity contribution >= 4 is 43.2 Å². The van der Waals surface area contributed by atoms with Gasteiger partial charge < -0.3 is 10.1 Å². The zero-order valence-corrected chi connectivity index (χ0v) is 14.3. The van der Waals surface area contributed by atoms with Crippen molar-refractivity contribution in [1.82, 2.24) is 0 Å². The summed E-state index contributed by atoms with van der Waals surface area (Å²) in [7, 11) is 0. The van der Waals surface area contributed by atoms with Gasteiger partial charge in [-0.25, -0.2) is 0 Å². The quantitative estimate of drug-likeness (QED) is 0.528. The molecular formula is C14H12Br2N2O3. The number of ether oxygens (including phenoxy) is 1. The zero-order chi connectivity index (χ0) is 15.4. The van der Waals surface area contributed by atoms with Gasteiger partial charge in [0.1, 0.15) is 17.2 Å². The summed E-state index contributed by atoms with van der Waals surface area (Å²) >= 11 is 6.78. The number of nitrogens with zero attached hydrogens (tertiary/aromatic N) is 1. The molecule has 0 fully saturated rings. The Bertz CT molecular complexity index is 677. The molecule has 2 aromatic rings. The van der Waals surface area contributed by atoms with E-state index >= 15 is 0 Å². The third-order valence-corrected chi connectivity index (χ3v) is 3.77. The molecule has 5 nitrogen and oxygen atoms in total. The van der Waals surface area contributed by atoms with Crippen molar-refractivity contribution in [2.24, 2.45) is 0 Å². The summed E-state index contributed by atoms with van der Waals surface area (Å²) in [5.41, 5.74) is 0.465. The van der Waals surface area contributed by atoms with E-state index in [1.807, 2.05) is 25.1 Å². The Hall–Kier alpha value is -1.60. The third-order valence-electron chi connectivity index (χ3n) is 2.65. The van der Waals surface area contributed by atoms with Gasteiger partial charge in [0.25, 0.3) is 5.69 Å². The number of nitro groups is 1. The SMILES string of the molecule is CCNc1cc(Oc2ccc(Br)cc2Br)ccc1[N+](=O)[O-]. The molecule has 0 saturated heterocycles. The van der Waals surface area contributed by atoms with Crippen LogP contribution in [0, 0.1) is 10.1 Å². The first-order valence-electron chi connectivity index (χ1n) is 6.16.